The van der Waals surface area contributed by atoms with E-state index in [2.05, 4.69) is 29.1 Å². The van der Waals surface area contributed by atoms with Crippen molar-refractivity contribution in [1.29, 1.82) is 0 Å². The molecule has 14 heteroatoms. The van der Waals surface area contributed by atoms with Gasteiger partial charge >= 0.3 is 5.79 Å². The van der Waals surface area contributed by atoms with Crippen LogP contribution in [0.3, 0.4) is 0 Å². The maximum atomic E-state index is 14.6. The molecule has 1 saturated heterocycles. The second kappa shape index (κ2) is 16.4. The molecule has 4 aliphatic heterocycles. The van der Waals surface area contributed by atoms with Crippen molar-refractivity contribution in [2.24, 2.45) is 39.6 Å². The number of likely N-dealkylation sites (tertiary alicyclic amines) is 1. The number of piperidine rings is 1. The first-order valence-electron chi connectivity index (χ1n) is 20.3. The van der Waals surface area contributed by atoms with Gasteiger partial charge in [0.25, 0.3) is 11.7 Å². The number of ether oxygens (including phenoxy) is 3. The van der Waals surface area contributed by atoms with Crippen LogP contribution in [0.25, 0.3) is 10.8 Å². The SMILES string of the molecule is CO[C@H]1/C=C\OC2(C)Oc3c(C)c(O)c4c(O)c(c5c(c4c3C2=O)NC2(CCN(CC(C)C)CC2)N=5)=NC(=O)/C(C)=C\C=C/[C@H](C)[C@H](O)[C@@H](C)[C@@H](O)[C@@H](C)[C@H](O)[C@@H]1C. The van der Waals surface area contributed by atoms with Crippen LogP contribution in [0, 0.1) is 36.5 Å². The molecule has 6 N–H and O–H groups in total. The van der Waals surface area contributed by atoms with Crippen LogP contribution in [0.15, 0.2) is 46.1 Å². The van der Waals surface area contributed by atoms with Crippen molar-refractivity contribution in [2.45, 2.75) is 111 Å². The first-order chi connectivity index (χ1) is 27.3. The van der Waals surface area contributed by atoms with Crippen LogP contribution in [0.4, 0.5) is 5.69 Å². The highest BCUT2D eigenvalue weighted by molar-refractivity contribution is 6.21. The van der Waals surface area contributed by atoms with E-state index < -0.39 is 77.0 Å². The predicted molar refractivity (Wildman–Crippen MR) is 218 cm³/mol. The maximum absolute atomic E-state index is 14.6. The van der Waals surface area contributed by atoms with Crippen molar-refractivity contribution in [3.63, 3.8) is 0 Å². The van der Waals surface area contributed by atoms with E-state index in [0.29, 0.717) is 24.4 Å². The number of carbonyl (C=O) groups is 2. The van der Waals surface area contributed by atoms with Crippen LogP contribution >= 0.6 is 0 Å². The van der Waals surface area contributed by atoms with E-state index in [9.17, 15) is 35.1 Å². The molecule has 9 atom stereocenters. The summed E-state index contributed by atoms with van der Waals surface area (Å²) in [6.45, 7) is 18.3. The average molecular weight is 805 g/mol. The highest BCUT2D eigenvalue weighted by Crippen LogP contribution is 2.51. The summed E-state index contributed by atoms with van der Waals surface area (Å²) in [6, 6.07) is 0. The first kappa shape index (κ1) is 43.2. The standard InChI is InChI=1S/C44H60N4O10/c1-21(2)20-48-17-15-44(16-18-48)46-32-29-30-38(52)27(8)40-31(29)41(54)43(9,58-40)57-19-14-28(56-10)24(5)36(50)26(7)37(51)25(6)35(49)22(3)12-11-13-23(4)42(55)45-34(39(30)53)33(32)47-44/h11-14,19,21-22,24-26,28,35-37,46,49-53H,15-18,20H2,1-10H3/b12-11-,19-14-,23-13-,45-34?/t22-,24+,25+,26-,28-,35-,36+,37+,43?/m0/s1. The van der Waals surface area contributed by atoms with Gasteiger partial charge < -0.3 is 50.0 Å². The van der Waals surface area contributed by atoms with E-state index in [0.717, 1.165) is 19.6 Å². The highest BCUT2D eigenvalue weighted by atomic mass is 16.7. The van der Waals surface area contributed by atoms with Crippen LogP contribution < -0.4 is 20.8 Å². The van der Waals surface area contributed by atoms with Crippen LogP contribution in [-0.4, -0.2) is 105 Å². The number of hydrogen-bond donors (Lipinski definition) is 6. The third kappa shape index (κ3) is 7.65. The van der Waals surface area contributed by atoms with E-state index in [1.54, 1.807) is 65.8 Å². The zero-order chi connectivity index (χ0) is 42.6. The molecule has 0 radical (unpaired) electrons. The summed E-state index contributed by atoms with van der Waals surface area (Å²) in [6.07, 6.45) is 5.02. The number of aliphatic hydroxyl groups is 3. The van der Waals surface area contributed by atoms with Crippen molar-refractivity contribution in [2.75, 3.05) is 32.1 Å². The third-order valence-electron chi connectivity index (χ3n) is 12.7. The van der Waals surface area contributed by atoms with Gasteiger partial charge in [0, 0.05) is 86.7 Å². The van der Waals surface area contributed by atoms with E-state index in [-0.39, 0.29) is 49.7 Å². The lowest BCUT2D eigenvalue weighted by molar-refractivity contribution is -0.114. The Morgan fingerprint density at radius 3 is 2.21 bits per heavy atom. The zero-order valence-corrected chi connectivity index (χ0v) is 35.2. The number of allylic oxidation sites excluding steroid dienone is 2. The van der Waals surface area contributed by atoms with Crippen LogP contribution in [-0.2, 0) is 14.3 Å². The fourth-order valence-electron chi connectivity index (χ4n) is 8.85. The van der Waals surface area contributed by atoms with Gasteiger partial charge in [-0.1, -0.05) is 59.8 Å². The monoisotopic (exact) mass is 804 g/mol. The molecule has 58 heavy (non-hydrogen) atoms. The van der Waals surface area contributed by atoms with Gasteiger partial charge in [0.2, 0.25) is 0 Å². The van der Waals surface area contributed by atoms with Gasteiger partial charge in [0.1, 0.15) is 27.9 Å². The Hall–Kier alpha value is -4.34. The van der Waals surface area contributed by atoms with Gasteiger partial charge in [-0.05, 0) is 25.8 Å². The molecule has 6 rings (SSSR count). The Bertz CT molecular complexity index is 2170. The number of aromatic hydroxyl groups is 2. The zero-order valence-electron chi connectivity index (χ0n) is 35.2. The molecule has 4 heterocycles. The Morgan fingerprint density at radius 2 is 1.57 bits per heavy atom. The molecular weight excluding hydrogens is 745 g/mol. The van der Waals surface area contributed by atoms with Gasteiger partial charge in [0.05, 0.1) is 47.3 Å². The quantitative estimate of drug-likeness (QED) is 0.242. The average Bonchev–Trinajstić information content (AvgIpc) is 3.69. The normalized spacial score (nSPS) is 33.9. The topological polar surface area (TPSA) is 203 Å². The number of nitrogens with one attached hydrogen (secondary N) is 1. The number of anilines is 1. The third-order valence-corrected chi connectivity index (χ3v) is 12.7. The van der Waals surface area contributed by atoms with E-state index in [1.807, 2.05) is 0 Å². The number of fused-ring (bicyclic) bond motifs is 1. The number of Topliss-reactive ketones (excluding diaryl/α,β-unsaturated/α-hetero) is 1. The number of phenols is 2. The largest absolute Gasteiger partial charge is 0.507 e. The van der Waals surface area contributed by atoms with Gasteiger partial charge in [0.15, 0.2) is 5.75 Å². The van der Waals surface area contributed by atoms with Crippen LogP contribution in [0.5, 0.6) is 17.2 Å². The minimum atomic E-state index is -1.92. The molecule has 4 bridgehead atoms. The minimum Gasteiger partial charge on any atom is -0.507 e. The second-order valence-electron chi connectivity index (χ2n) is 17.4. The lowest BCUT2D eigenvalue weighted by Gasteiger charge is -2.38. The number of rotatable bonds is 3. The number of methoxy groups -OCH3 is 1. The predicted octanol–water partition coefficient (Wildman–Crippen LogP) is 4.18. The summed E-state index contributed by atoms with van der Waals surface area (Å²) in [4.78, 5) is 40.3. The summed E-state index contributed by atoms with van der Waals surface area (Å²) in [7, 11) is 1.47. The summed E-state index contributed by atoms with van der Waals surface area (Å²) < 4.78 is 18.0. The molecule has 1 amide bonds. The smallest absolute Gasteiger partial charge is 0.312 e. The van der Waals surface area contributed by atoms with Crippen molar-refractivity contribution < 1.29 is 49.3 Å². The van der Waals surface area contributed by atoms with Gasteiger partial charge in [-0.3, -0.25) is 14.6 Å². The van der Waals surface area contributed by atoms with Gasteiger partial charge in [-0.25, -0.2) is 4.99 Å². The number of carbonyl (C=O) groups excluding carboxylic acids is 2. The molecule has 4 aliphatic rings. The Balaban J connectivity index is 1.55. The molecule has 1 fully saturated rings. The molecule has 316 valence electrons. The Labute approximate surface area is 339 Å². The Morgan fingerprint density at radius 1 is 0.931 bits per heavy atom. The molecule has 0 saturated carbocycles. The van der Waals surface area contributed by atoms with Crippen molar-refractivity contribution in [1.82, 2.24) is 4.90 Å². The van der Waals surface area contributed by atoms with Crippen LogP contribution in [0.2, 0.25) is 0 Å². The lowest BCUT2D eigenvalue weighted by Crippen LogP contribution is -2.47. The summed E-state index contributed by atoms with van der Waals surface area (Å²) >= 11 is 0. The van der Waals surface area contributed by atoms with Crippen molar-refractivity contribution >= 4 is 28.2 Å². The highest BCUT2D eigenvalue weighted by Gasteiger charge is 2.50. The summed E-state index contributed by atoms with van der Waals surface area (Å²) in [5.41, 5.74) is -0.0451. The molecule has 1 unspecified atom stereocenters. The molecule has 2 aromatic carbocycles. The molecular formula is C44H60N4O10. The number of benzene rings is 2. The number of amides is 1. The van der Waals surface area contributed by atoms with Crippen LogP contribution in [0.1, 0.15) is 84.2 Å². The maximum Gasteiger partial charge on any atom is 0.312 e. The van der Waals surface area contributed by atoms with Gasteiger partial charge in [-0.2, -0.15) is 0 Å². The fraction of sp³-hybridized carbons (Fsp3) is 0.591. The second-order valence-corrected chi connectivity index (χ2v) is 17.4. The molecule has 14 nitrogen and oxygen atoms in total. The lowest BCUT2D eigenvalue weighted by atomic mass is 9.78. The minimum absolute atomic E-state index is 0.0682. The number of aliphatic hydroxyl groups excluding tert-OH is 3. The number of ketones is 1. The number of hydrogen-bond acceptors (Lipinski definition) is 13. The van der Waals surface area contributed by atoms with Gasteiger partial charge in [-0.15, -0.1) is 0 Å². The number of nitrogens with zero attached hydrogens (tertiary/aromatic N) is 3. The fourth-order valence-corrected chi connectivity index (χ4v) is 8.85. The van der Waals surface area contributed by atoms with E-state index in [1.165, 1.54) is 20.3 Å². The summed E-state index contributed by atoms with van der Waals surface area (Å²) in [5, 5.41) is 61.5. The molecule has 2 aromatic rings. The first-order valence-corrected chi connectivity index (χ1v) is 20.3. The Kier molecular flexibility index (Phi) is 12.2. The van der Waals surface area contributed by atoms with E-state index >= 15 is 0 Å². The summed E-state index contributed by atoms with van der Waals surface area (Å²) in [5.74, 6) is -5.83. The van der Waals surface area contributed by atoms with E-state index in [4.69, 9.17) is 19.2 Å². The molecule has 1 spiro atoms. The van der Waals surface area contributed by atoms with Crippen molar-refractivity contribution in [3.8, 4) is 17.2 Å². The molecule has 0 aromatic heterocycles. The number of phenolic OH excluding ortho intramolecular Hbond substituents is 2. The molecule has 0 aliphatic carbocycles. The van der Waals surface area contributed by atoms with Crippen molar-refractivity contribution in [3.05, 3.63) is 58.0 Å².